The smallest absolute Gasteiger partial charge is 0.253 e. The lowest BCUT2D eigenvalue weighted by Crippen LogP contribution is -2.26. The van der Waals surface area contributed by atoms with Gasteiger partial charge in [0.1, 0.15) is 5.82 Å². The molecule has 6 nitrogen and oxygen atoms in total. The van der Waals surface area contributed by atoms with Crippen LogP contribution in [-0.4, -0.2) is 22.4 Å². The molecular formula is C14H19N5O. The summed E-state index contributed by atoms with van der Waals surface area (Å²) < 4.78 is 0. The zero-order valence-electron chi connectivity index (χ0n) is 11.4. The number of aromatic amines is 1. The van der Waals surface area contributed by atoms with Crippen molar-refractivity contribution in [2.75, 3.05) is 12.0 Å². The molecule has 5 N–H and O–H groups in total. The molecule has 0 saturated carbocycles. The van der Waals surface area contributed by atoms with Crippen LogP contribution in [0, 0.1) is 6.92 Å². The predicted molar refractivity (Wildman–Crippen MR) is 78.2 cm³/mol. The van der Waals surface area contributed by atoms with Gasteiger partial charge in [0.2, 0.25) is 0 Å². The number of aryl methyl sites for hydroxylation is 2. The average Bonchev–Trinajstić information content (AvgIpc) is 2.96. The van der Waals surface area contributed by atoms with Gasteiger partial charge in [-0.3, -0.25) is 10.6 Å². The minimum atomic E-state index is -0.124. The SMILES string of the molecule is Cc1ccc(NN)c(C(=O)NCCCc2ncc[nH]2)c1. The number of nitrogens with zero attached hydrogens (tertiary/aromatic N) is 1. The number of hydrazine groups is 1. The maximum atomic E-state index is 12.1. The van der Waals surface area contributed by atoms with Gasteiger partial charge in [0.25, 0.3) is 5.91 Å². The van der Waals surface area contributed by atoms with Crippen LogP contribution in [0.4, 0.5) is 5.69 Å². The monoisotopic (exact) mass is 273 g/mol. The van der Waals surface area contributed by atoms with Gasteiger partial charge in [0, 0.05) is 25.4 Å². The maximum absolute atomic E-state index is 12.1. The molecule has 0 aliphatic carbocycles. The molecule has 2 aromatic rings. The Morgan fingerprint density at radius 3 is 3.00 bits per heavy atom. The zero-order chi connectivity index (χ0) is 14.4. The summed E-state index contributed by atoms with van der Waals surface area (Å²) in [5, 5.41) is 2.89. The van der Waals surface area contributed by atoms with Crippen molar-refractivity contribution < 1.29 is 4.79 Å². The van der Waals surface area contributed by atoms with Gasteiger partial charge >= 0.3 is 0 Å². The summed E-state index contributed by atoms with van der Waals surface area (Å²) in [5.41, 5.74) is 4.74. The Morgan fingerprint density at radius 1 is 1.45 bits per heavy atom. The molecule has 0 fully saturated rings. The Labute approximate surface area is 117 Å². The van der Waals surface area contributed by atoms with Gasteiger partial charge in [-0.2, -0.15) is 0 Å². The van der Waals surface area contributed by atoms with Gasteiger partial charge in [0.15, 0.2) is 0 Å². The number of anilines is 1. The van der Waals surface area contributed by atoms with Crippen molar-refractivity contribution in [3.63, 3.8) is 0 Å². The van der Waals surface area contributed by atoms with Crippen LogP contribution in [0.1, 0.15) is 28.2 Å². The van der Waals surface area contributed by atoms with E-state index in [1.54, 1.807) is 18.5 Å². The molecule has 6 heteroatoms. The molecule has 0 spiro atoms. The highest BCUT2D eigenvalue weighted by Gasteiger charge is 2.10. The van der Waals surface area contributed by atoms with Crippen LogP contribution in [0.2, 0.25) is 0 Å². The fraction of sp³-hybridized carbons (Fsp3) is 0.286. The molecule has 0 bridgehead atoms. The summed E-state index contributed by atoms with van der Waals surface area (Å²) in [5.74, 6) is 6.22. The number of aromatic nitrogens is 2. The van der Waals surface area contributed by atoms with Crippen molar-refractivity contribution in [3.8, 4) is 0 Å². The normalized spacial score (nSPS) is 10.3. The summed E-state index contributed by atoms with van der Waals surface area (Å²) in [6.45, 7) is 2.53. The fourth-order valence-electron chi connectivity index (χ4n) is 1.96. The Balaban J connectivity index is 1.87. The lowest BCUT2D eigenvalue weighted by Gasteiger charge is -2.10. The van der Waals surface area contributed by atoms with E-state index in [1.165, 1.54) is 0 Å². The molecular weight excluding hydrogens is 254 g/mol. The van der Waals surface area contributed by atoms with Crippen LogP contribution in [-0.2, 0) is 6.42 Å². The second kappa shape index (κ2) is 6.72. The minimum Gasteiger partial charge on any atom is -0.352 e. The van der Waals surface area contributed by atoms with Crippen LogP contribution in [0.5, 0.6) is 0 Å². The van der Waals surface area contributed by atoms with Crippen LogP contribution < -0.4 is 16.6 Å². The lowest BCUT2D eigenvalue weighted by molar-refractivity contribution is 0.0954. The summed E-state index contributed by atoms with van der Waals surface area (Å²) in [6.07, 6.45) is 5.15. The van der Waals surface area contributed by atoms with E-state index in [-0.39, 0.29) is 5.91 Å². The molecule has 1 aromatic carbocycles. The molecule has 20 heavy (non-hydrogen) atoms. The summed E-state index contributed by atoms with van der Waals surface area (Å²) >= 11 is 0. The first-order valence-corrected chi connectivity index (χ1v) is 6.54. The second-order valence-electron chi connectivity index (χ2n) is 4.59. The predicted octanol–water partition coefficient (Wildman–Crippen LogP) is 1.37. The number of carbonyl (C=O) groups is 1. The van der Waals surface area contributed by atoms with Crippen molar-refractivity contribution >= 4 is 11.6 Å². The molecule has 1 heterocycles. The van der Waals surface area contributed by atoms with Gasteiger partial charge in [-0.05, 0) is 25.5 Å². The number of rotatable bonds is 6. The average molecular weight is 273 g/mol. The topological polar surface area (TPSA) is 95.8 Å². The van der Waals surface area contributed by atoms with E-state index < -0.39 is 0 Å². The van der Waals surface area contributed by atoms with Crippen molar-refractivity contribution in [2.24, 2.45) is 5.84 Å². The van der Waals surface area contributed by atoms with E-state index in [1.807, 2.05) is 19.1 Å². The third-order valence-electron chi connectivity index (χ3n) is 3.01. The molecule has 0 saturated heterocycles. The van der Waals surface area contributed by atoms with Gasteiger partial charge in [0.05, 0.1) is 11.3 Å². The molecule has 0 unspecified atom stereocenters. The molecule has 106 valence electrons. The number of benzene rings is 1. The van der Waals surface area contributed by atoms with Gasteiger partial charge in [-0.25, -0.2) is 4.98 Å². The number of H-pyrrole nitrogens is 1. The van der Waals surface area contributed by atoms with E-state index in [9.17, 15) is 4.79 Å². The highest BCUT2D eigenvalue weighted by molar-refractivity contribution is 5.99. The first kappa shape index (κ1) is 14.1. The molecule has 2 rings (SSSR count). The molecule has 1 aromatic heterocycles. The number of nitrogens with two attached hydrogens (primary N) is 1. The number of nitrogen functional groups attached to an aromatic ring is 1. The number of imidazole rings is 1. The van der Waals surface area contributed by atoms with Gasteiger partial charge < -0.3 is 15.7 Å². The summed E-state index contributed by atoms with van der Waals surface area (Å²) in [6, 6.07) is 5.52. The van der Waals surface area contributed by atoms with Crippen LogP contribution in [0.3, 0.4) is 0 Å². The number of carbonyl (C=O) groups excluding carboxylic acids is 1. The Kier molecular flexibility index (Phi) is 4.73. The Morgan fingerprint density at radius 2 is 2.30 bits per heavy atom. The highest BCUT2D eigenvalue weighted by atomic mass is 16.1. The molecule has 0 aliphatic rings. The van der Waals surface area contributed by atoms with Crippen LogP contribution >= 0.6 is 0 Å². The number of amides is 1. The third-order valence-corrected chi connectivity index (χ3v) is 3.01. The Bertz CT molecular complexity index is 565. The standard InChI is InChI=1S/C14H19N5O/c1-10-4-5-12(19-15)11(9-10)14(20)18-6-2-3-13-16-7-8-17-13/h4-5,7-9,19H,2-3,6,15H2,1H3,(H,16,17)(H,18,20). The van der Waals surface area contributed by atoms with Crippen LogP contribution in [0.15, 0.2) is 30.6 Å². The van der Waals surface area contributed by atoms with Crippen molar-refractivity contribution in [2.45, 2.75) is 19.8 Å². The molecule has 0 radical (unpaired) electrons. The van der Waals surface area contributed by atoms with E-state index in [4.69, 9.17) is 5.84 Å². The van der Waals surface area contributed by atoms with Crippen molar-refractivity contribution in [1.29, 1.82) is 0 Å². The van der Waals surface area contributed by atoms with E-state index in [0.717, 1.165) is 24.2 Å². The van der Waals surface area contributed by atoms with Crippen molar-refractivity contribution in [3.05, 3.63) is 47.5 Å². The van der Waals surface area contributed by atoms with E-state index >= 15 is 0 Å². The first-order chi connectivity index (χ1) is 9.70. The van der Waals surface area contributed by atoms with Crippen LogP contribution in [0.25, 0.3) is 0 Å². The zero-order valence-corrected chi connectivity index (χ0v) is 11.4. The third kappa shape index (κ3) is 3.58. The summed E-state index contributed by atoms with van der Waals surface area (Å²) in [7, 11) is 0. The van der Waals surface area contributed by atoms with Crippen molar-refractivity contribution in [1.82, 2.24) is 15.3 Å². The van der Waals surface area contributed by atoms with E-state index in [2.05, 4.69) is 20.7 Å². The van der Waals surface area contributed by atoms with Gasteiger partial charge in [-0.1, -0.05) is 11.6 Å². The van der Waals surface area contributed by atoms with E-state index in [0.29, 0.717) is 17.8 Å². The molecule has 0 aliphatic heterocycles. The maximum Gasteiger partial charge on any atom is 0.253 e. The number of hydrogen-bond donors (Lipinski definition) is 4. The molecule has 1 amide bonds. The molecule has 0 atom stereocenters. The minimum absolute atomic E-state index is 0.124. The fourth-order valence-corrected chi connectivity index (χ4v) is 1.96. The number of hydrogen-bond acceptors (Lipinski definition) is 4. The lowest BCUT2D eigenvalue weighted by atomic mass is 10.1. The Hall–Kier alpha value is -2.34. The highest BCUT2D eigenvalue weighted by Crippen LogP contribution is 2.16. The summed E-state index contributed by atoms with van der Waals surface area (Å²) in [4.78, 5) is 19.3. The quantitative estimate of drug-likeness (QED) is 0.363. The number of nitrogens with one attached hydrogen (secondary N) is 3. The second-order valence-corrected chi connectivity index (χ2v) is 4.59. The van der Waals surface area contributed by atoms with Gasteiger partial charge in [-0.15, -0.1) is 0 Å². The first-order valence-electron chi connectivity index (χ1n) is 6.54. The largest absolute Gasteiger partial charge is 0.352 e.